The van der Waals surface area contributed by atoms with Gasteiger partial charge in [-0.3, -0.25) is 9.59 Å². The van der Waals surface area contributed by atoms with Crippen LogP contribution in [0.1, 0.15) is 38.5 Å². The largest absolute Gasteiger partial charge is 0.481 e. The molecule has 0 spiro atoms. The number of carboxylic acid groups (broad SMARTS) is 2. The normalized spacial score (nSPS) is 10.6. The summed E-state index contributed by atoms with van der Waals surface area (Å²) in [7, 11) is 0. The molecule has 0 aromatic rings. The Morgan fingerprint density at radius 3 is 1.40 bits per heavy atom. The van der Waals surface area contributed by atoms with E-state index in [9.17, 15) is 19.2 Å². The molecule has 8 nitrogen and oxygen atoms in total. The van der Waals surface area contributed by atoms with Crippen molar-refractivity contribution in [2.75, 3.05) is 13.2 Å². The number of ether oxygens (including phenoxy) is 2. The lowest BCUT2D eigenvalue weighted by molar-refractivity contribution is -0.143. The number of carbonyl (C=O) groups is 4. The lowest BCUT2D eigenvalue weighted by atomic mass is 9.74. The van der Waals surface area contributed by atoms with Crippen LogP contribution in [-0.2, 0) is 28.7 Å². The van der Waals surface area contributed by atoms with Crippen molar-refractivity contribution in [3.63, 3.8) is 0 Å². The number of hydrogen-bond acceptors (Lipinski definition) is 6. The minimum Gasteiger partial charge on any atom is -0.481 e. The van der Waals surface area contributed by atoms with Crippen LogP contribution in [0.2, 0.25) is 0 Å². The van der Waals surface area contributed by atoms with E-state index in [2.05, 4.69) is 13.2 Å². The second-order valence-electron chi connectivity index (χ2n) is 5.53. The van der Waals surface area contributed by atoms with Gasteiger partial charge in [0.1, 0.15) is 0 Å². The van der Waals surface area contributed by atoms with Gasteiger partial charge in [-0.05, 0) is 31.1 Å². The van der Waals surface area contributed by atoms with Crippen LogP contribution < -0.4 is 0 Å². The summed E-state index contributed by atoms with van der Waals surface area (Å²) in [5.41, 5.74) is -0.750. The molecule has 25 heavy (non-hydrogen) atoms. The molecule has 2 N–H and O–H groups in total. The highest BCUT2D eigenvalue weighted by Crippen LogP contribution is 2.37. The van der Waals surface area contributed by atoms with Gasteiger partial charge in [-0.2, -0.15) is 0 Å². The number of aliphatic carboxylic acids is 2. The molecule has 0 saturated carbocycles. The first-order valence-electron chi connectivity index (χ1n) is 7.76. The molecule has 0 atom stereocenters. The summed E-state index contributed by atoms with van der Waals surface area (Å²) in [5, 5.41) is 17.9. The molecule has 0 fully saturated rings. The molecule has 0 saturated heterocycles. The first-order chi connectivity index (χ1) is 11.7. The van der Waals surface area contributed by atoms with E-state index >= 15 is 0 Å². The van der Waals surface area contributed by atoms with Crippen molar-refractivity contribution in [2.24, 2.45) is 5.41 Å². The van der Waals surface area contributed by atoms with Crippen molar-refractivity contribution >= 4 is 23.9 Å². The highest BCUT2D eigenvalue weighted by Gasteiger charge is 2.32. The number of carboxylic acids is 2. The van der Waals surface area contributed by atoms with E-state index in [4.69, 9.17) is 19.7 Å². The molecule has 0 heterocycles. The third-order valence-electron chi connectivity index (χ3n) is 3.83. The van der Waals surface area contributed by atoms with Gasteiger partial charge in [0.2, 0.25) is 0 Å². The zero-order chi connectivity index (χ0) is 19.3. The molecule has 0 amide bonds. The maximum atomic E-state index is 11.2. The Bertz CT molecular complexity index is 463. The van der Waals surface area contributed by atoms with E-state index in [0.29, 0.717) is 0 Å². The molecule has 0 unspecified atom stereocenters. The van der Waals surface area contributed by atoms with Crippen LogP contribution in [0, 0.1) is 5.41 Å². The van der Waals surface area contributed by atoms with Gasteiger partial charge in [-0.25, -0.2) is 9.59 Å². The lowest BCUT2D eigenvalue weighted by Crippen LogP contribution is -2.28. The first kappa shape index (κ1) is 22.4. The van der Waals surface area contributed by atoms with Crippen LogP contribution in [-0.4, -0.2) is 47.3 Å². The third kappa shape index (κ3) is 10.7. The molecule has 0 rings (SSSR count). The molecular formula is C17H24O8. The Labute approximate surface area is 146 Å². The minimum atomic E-state index is -1.02. The van der Waals surface area contributed by atoms with Crippen LogP contribution in [0.15, 0.2) is 25.3 Å². The smallest absolute Gasteiger partial charge is 0.330 e. The van der Waals surface area contributed by atoms with E-state index in [1.807, 2.05) is 0 Å². The average Bonchev–Trinajstić information content (AvgIpc) is 2.57. The van der Waals surface area contributed by atoms with Gasteiger partial charge in [-0.1, -0.05) is 13.2 Å². The number of rotatable bonds is 14. The topological polar surface area (TPSA) is 127 Å². The Morgan fingerprint density at radius 1 is 0.760 bits per heavy atom. The fourth-order valence-electron chi connectivity index (χ4n) is 2.35. The summed E-state index contributed by atoms with van der Waals surface area (Å²) in [6.45, 7) is 6.52. The maximum absolute atomic E-state index is 11.2. The van der Waals surface area contributed by atoms with Crippen molar-refractivity contribution in [1.29, 1.82) is 0 Å². The van der Waals surface area contributed by atoms with Crippen molar-refractivity contribution in [3.05, 3.63) is 25.3 Å². The fourth-order valence-corrected chi connectivity index (χ4v) is 2.35. The van der Waals surface area contributed by atoms with Gasteiger partial charge in [0.15, 0.2) is 0 Å². The molecule has 0 aliphatic heterocycles. The minimum absolute atomic E-state index is 0.0144. The standard InChI is InChI=1S/C17H24O8/c1-3-15(22)24-11-9-17(7-5-13(18)19,8-6-14(20)21)10-12-25-16(23)4-2/h3-4H,1-2,5-12H2,(H,18,19)(H,20,21). The van der Waals surface area contributed by atoms with Crippen LogP contribution in [0.25, 0.3) is 0 Å². The molecule has 0 aliphatic rings. The molecule has 8 heteroatoms. The zero-order valence-corrected chi connectivity index (χ0v) is 14.1. The van der Waals surface area contributed by atoms with Crippen molar-refractivity contribution in [1.82, 2.24) is 0 Å². The van der Waals surface area contributed by atoms with E-state index < -0.39 is 29.3 Å². The third-order valence-corrected chi connectivity index (χ3v) is 3.83. The Hall–Kier alpha value is -2.64. The monoisotopic (exact) mass is 356 g/mol. The summed E-state index contributed by atoms with van der Waals surface area (Å²) in [6.07, 6.45) is 2.50. The summed E-state index contributed by atoms with van der Waals surface area (Å²) >= 11 is 0. The summed E-state index contributed by atoms with van der Waals surface area (Å²) < 4.78 is 9.87. The van der Waals surface area contributed by atoms with Gasteiger partial charge in [0.05, 0.1) is 13.2 Å². The number of esters is 2. The quantitative estimate of drug-likeness (QED) is 0.357. The number of hydrogen-bond donors (Lipinski definition) is 2. The highest BCUT2D eigenvalue weighted by atomic mass is 16.5. The highest BCUT2D eigenvalue weighted by molar-refractivity contribution is 5.81. The second-order valence-corrected chi connectivity index (χ2v) is 5.53. The van der Waals surface area contributed by atoms with Gasteiger partial charge in [0, 0.05) is 25.0 Å². The van der Waals surface area contributed by atoms with E-state index in [1.54, 1.807) is 0 Å². The van der Waals surface area contributed by atoms with E-state index in [0.717, 1.165) is 12.2 Å². The van der Waals surface area contributed by atoms with Crippen molar-refractivity contribution in [3.8, 4) is 0 Å². The maximum Gasteiger partial charge on any atom is 0.330 e. The Balaban J connectivity index is 5.06. The van der Waals surface area contributed by atoms with Gasteiger partial charge in [-0.15, -0.1) is 0 Å². The molecule has 0 bridgehead atoms. The predicted octanol–water partition coefficient (Wildman–Crippen LogP) is 1.94. The Kier molecular flexibility index (Phi) is 10.6. The van der Waals surface area contributed by atoms with Gasteiger partial charge >= 0.3 is 23.9 Å². The van der Waals surface area contributed by atoms with E-state index in [1.165, 1.54) is 0 Å². The SMILES string of the molecule is C=CC(=O)OCCC(CCOC(=O)C=C)(CCC(=O)O)CCC(=O)O. The molecule has 140 valence electrons. The van der Waals surface area contributed by atoms with Crippen LogP contribution in [0.4, 0.5) is 0 Å². The average molecular weight is 356 g/mol. The lowest BCUT2D eigenvalue weighted by Gasteiger charge is -2.33. The summed E-state index contributed by atoms with van der Waals surface area (Å²) in [6, 6.07) is 0. The summed E-state index contributed by atoms with van der Waals surface area (Å²) in [5.74, 6) is -3.29. The van der Waals surface area contributed by atoms with Crippen LogP contribution in [0.5, 0.6) is 0 Å². The molecule has 0 aliphatic carbocycles. The summed E-state index contributed by atoms with van der Waals surface area (Å²) in [4.78, 5) is 44.2. The van der Waals surface area contributed by atoms with Crippen LogP contribution in [0.3, 0.4) is 0 Å². The Morgan fingerprint density at radius 2 is 1.12 bits per heavy atom. The van der Waals surface area contributed by atoms with Gasteiger partial charge in [0.25, 0.3) is 0 Å². The molecular weight excluding hydrogens is 332 g/mol. The molecule has 0 aromatic heterocycles. The first-order valence-corrected chi connectivity index (χ1v) is 7.76. The number of carbonyl (C=O) groups excluding carboxylic acids is 2. The predicted molar refractivity (Wildman–Crippen MR) is 87.7 cm³/mol. The van der Waals surface area contributed by atoms with Crippen LogP contribution >= 0.6 is 0 Å². The fraction of sp³-hybridized carbons (Fsp3) is 0.529. The van der Waals surface area contributed by atoms with Gasteiger partial charge < -0.3 is 19.7 Å². The van der Waals surface area contributed by atoms with Crippen molar-refractivity contribution in [2.45, 2.75) is 38.5 Å². The molecule has 0 radical (unpaired) electrons. The zero-order valence-electron chi connectivity index (χ0n) is 14.1. The second kappa shape index (κ2) is 11.8. The van der Waals surface area contributed by atoms with E-state index in [-0.39, 0.29) is 51.7 Å². The van der Waals surface area contributed by atoms with Crippen molar-refractivity contribution < 1.29 is 38.9 Å². The molecule has 0 aromatic carbocycles.